The lowest BCUT2D eigenvalue weighted by Crippen LogP contribution is -2.06. The largest absolute Gasteiger partial charge is 0.497 e. The first-order valence-electron chi connectivity index (χ1n) is 5.51. The van der Waals surface area contributed by atoms with Gasteiger partial charge in [0.25, 0.3) is 0 Å². The summed E-state index contributed by atoms with van der Waals surface area (Å²) in [6, 6.07) is 5.65. The summed E-state index contributed by atoms with van der Waals surface area (Å²) in [5.74, 6) is -4.50. The minimum absolute atomic E-state index is 0.200. The molecule has 0 aliphatic carbocycles. The molecule has 0 N–H and O–H groups in total. The van der Waals surface area contributed by atoms with Crippen LogP contribution < -0.4 is 4.74 Å². The second-order valence-corrected chi connectivity index (χ2v) is 6.69. The molecule has 0 aromatic heterocycles. The van der Waals surface area contributed by atoms with Gasteiger partial charge < -0.3 is 4.74 Å². The summed E-state index contributed by atoms with van der Waals surface area (Å²) in [6.45, 7) is 0. The molecule has 8 heteroatoms. The van der Waals surface area contributed by atoms with Gasteiger partial charge in [-0.25, -0.2) is 21.6 Å². The molecule has 2 aromatic carbocycles. The molecule has 0 fully saturated rings. The van der Waals surface area contributed by atoms with Crippen LogP contribution in [-0.2, 0) is 9.84 Å². The van der Waals surface area contributed by atoms with Crippen molar-refractivity contribution in [2.75, 3.05) is 7.11 Å². The normalized spacial score (nSPS) is 11.5. The summed E-state index contributed by atoms with van der Waals surface area (Å²) in [4.78, 5) is -0.890. The monoisotopic (exact) mass is 380 g/mol. The Bertz CT molecular complexity index is 789. The molecule has 0 heterocycles. The van der Waals surface area contributed by atoms with Gasteiger partial charge in [-0.05, 0) is 46.3 Å². The summed E-state index contributed by atoms with van der Waals surface area (Å²) >= 11 is 2.64. The van der Waals surface area contributed by atoms with Crippen LogP contribution >= 0.6 is 15.9 Å². The first kappa shape index (κ1) is 15.8. The first-order valence-corrected chi connectivity index (χ1v) is 7.78. The van der Waals surface area contributed by atoms with Crippen molar-refractivity contribution in [1.82, 2.24) is 0 Å². The Balaban J connectivity index is 2.64. The highest BCUT2D eigenvalue weighted by molar-refractivity contribution is 9.10. The Hall–Kier alpha value is -1.54. The summed E-state index contributed by atoms with van der Waals surface area (Å²) in [5.41, 5.74) is 0. The highest BCUT2D eigenvalue weighted by Gasteiger charge is 2.27. The predicted molar refractivity (Wildman–Crippen MR) is 72.5 cm³/mol. The average molecular weight is 381 g/mol. The molecule has 0 spiro atoms. The van der Waals surface area contributed by atoms with Gasteiger partial charge in [0.15, 0.2) is 17.5 Å². The van der Waals surface area contributed by atoms with Gasteiger partial charge in [-0.3, -0.25) is 0 Å². The molecule has 0 atom stereocenters. The van der Waals surface area contributed by atoms with Crippen LogP contribution in [0.25, 0.3) is 0 Å². The van der Waals surface area contributed by atoms with E-state index < -0.39 is 36.7 Å². The minimum atomic E-state index is -4.21. The average Bonchev–Trinajstić information content (AvgIpc) is 2.48. The SMILES string of the molecule is COc1ccc(S(=O)(=O)c2cc(F)c(F)c(F)c2Br)cc1. The van der Waals surface area contributed by atoms with Gasteiger partial charge >= 0.3 is 0 Å². The molecule has 0 radical (unpaired) electrons. The van der Waals surface area contributed by atoms with Crippen molar-refractivity contribution in [3.8, 4) is 5.75 Å². The molecule has 0 aliphatic rings. The first-order chi connectivity index (χ1) is 9.78. The number of halogens is 4. The Morgan fingerprint density at radius 1 is 1.05 bits per heavy atom. The van der Waals surface area contributed by atoms with E-state index in [2.05, 4.69) is 15.9 Å². The summed E-state index contributed by atoms with van der Waals surface area (Å²) in [6.07, 6.45) is 0. The van der Waals surface area contributed by atoms with Crippen LogP contribution in [0.2, 0.25) is 0 Å². The zero-order chi connectivity index (χ0) is 15.8. The molecule has 0 saturated heterocycles. The van der Waals surface area contributed by atoms with Gasteiger partial charge in [0.05, 0.1) is 21.4 Å². The van der Waals surface area contributed by atoms with E-state index in [1.54, 1.807) is 0 Å². The molecule has 0 unspecified atom stereocenters. The molecule has 21 heavy (non-hydrogen) atoms. The Morgan fingerprint density at radius 2 is 1.62 bits per heavy atom. The predicted octanol–water partition coefficient (Wildman–Crippen LogP) is 3.71. The van der Waals surface area contributed by atoms with Gasteiger partial charge in [-0.2, -0.15) is 0 Å². The second kappa shape index (κ2) is 5.69. The minimum Gasteiger partial charge on any atom is -0.497 e. The van der Waals surface area contributed by atoms with E-state index >= 15 is 0 Å². The van der Waals surface area contributed by atoms with Crippen LogP contribution in [0.4, 0.5) is 13.2 Å². The lowest BCUT2D eigenvalue weighted by molar-refractivity contribution is 0.414. The highest BCUT2D eigenvalue weighted by Crippen LogP contribution is 2.33. The lowest BCUT2D eigenvalue weighted by atomic mass is 10.3. The molecule has 0 saturated carbocycles. The molecule has 112 valence electrons. The van der Waals surface area contributed by atoms with E-state index in [4.69, 9.17) is 4.74 Å². The molecule has 0 bridgehead atoms. The Labute approximate surface area is 127 Å². The molecule has 0 aliphatic heterocycles. The third-order valence-electron chi connectivity index (χ3n) is 2.73. The van der Waals surface area contributed by atoms with Crippen LogP contribution in [0.1, 0.15) is 0 Å². The van der Waals surface area contributed by atoms with E-state index in [9.17, 15) is 21.6 Å². The maximum Gasteiger partial charge on any atom is 0.207 e. The Morgan fingerprint density at radius 3 is 2.14 bits per heavy atom. The van der Waals surface area contributed by atoms with Crippen molar-refractivity contribution in [1.29, 1.82) is 0 Å². The van der Waals surface area contributed by atoms with Crippen molar-refractivity contribution in [2.45, 2.75) is 9.79 Å². The third-order valence-corrected chi connectivity index (χ3v) is 5.56. The summed E-state index contributed by atoms with van der Waals surface area (Å²) in [7, 11) is -2.80. The Kier molecular flexibility index (Phi) is 4.29. The molecule has 2 aromatic rings. The molecule has 2 rings (SSSR count). The smallest absolute Gasteiger partial charge is 0.207 e. The number of benzene rings is 2. The van der Waals surface area contributed by atoms with Gasteiger partial charge in [0.2, 0.25) is 9.84 Å². The van der Waals surface area contributed by atoms with E-state index in [-0.39, 0.29) is 4.90 Å². The number of sulfone groups is 1. The van der Waals surface area contributed by atoms with Crippen molar-refractivity contribution >= 4 is 25.8 Å². The maximum absolute atomic E-state index is 13.5. The van der Waals surface area contributed by atoms with E-state index in [1.165, 1.54) is 31.4 Å². The zero-order valence-corrected chi connectivity index (χ0v) is 12.9. The fraction of sp³-hybridized carbons (Fsp3) is 0.0769. The van der Waals surface area contributed by atoms with Crippen molar-refractivity contribution < 1.29 is 26.3 Å². The maximum atomic E-state index is 13.5. The summed E-state index contributed by atoms with van der Waals surface area (Å²) in [5, 5.41) is 0. The van der Waals surface area contributed by atoms with Crippen molar-refractivity contribution in [3.05, 3.63) is 52.3 Å². The van der Waals surface area contributed by atoms with Crippen LogP contribution in [0.3, 0.4) is 0 Å². The third kappa shape index (κ3) is 2.77. The fourth-order valence-electron chi connectivity index (χ4n) is 1.63. The summed E-state index contributed by atoms with van der Waals surface area (Å²) < 4.78 is 68.7. The van der Waals surface area contributed by atoms with Gasteiger partial charge in [-0.15, -0.1) is 0 Å². The van der Waals surface area contributed by atoms with Crippen LogP contribution in [-0.4, -0.2) is 15.5 Å². The molecule has 3 nitrogen and oxygen atoms in total. The number of hydrogen-bond acceptors (Lipinski definition) is 3. The molecular weight excluding hydrogens is 373 g/mol. The van der Waals surface area contributed by atoms with Crippen molar-refractivity contribution in [2.24, 2.45) is 0 Å². The van der Waals surface area contributed by atoms with Gasteiger partial charge in [-0.1, -0.05) is 0 Å². The van der Waals surface area contributed by atoms with E-state index in [1.807, 2.05) is 0 Å². The van der Waals surface area contributed by atoms with E-state index in [0.717, 1.165) is 0 Å². The van der Waals surface area contributed by atoms with Crippen molar-refractivity contribution in [3.63, 3.8) is 0 Å². The van der Waals surface area contributed by atoms with E-state index in [0.29, 0.717) is 11.8 Å². The fourth-order valence-corrected chi connectivity index (χ4v) is 3.89. The van der Waals surface area contributed by atoms with Crippen LogP contribution in [0, 0.1) is 17.5 Å². The molecule has 0 amide bonds. The zero-order valence-electron chi connectivity index (χ0n) is 10.5. The standard InChI is InChI=1S/C13H8BrF3O3S/c1-20-7-2-4-8(5-3-7)21(18,19)10-6-9(15)12(16)13(17)11(10)14/h2-6H,1H3. The molecular formula is C13H8BrF3O3S. The van der Waals surface area contributed by atoms with Gasteiger partial charge in [0.1, 0.15) is 5.75 Å². The number of hydrogen-bond donors (Lipinski definition) is 0. The topological polar surface area (TPSA) is 43.4 Å². The number of rotatable bonds is 3. The van der Waals surface area contributed by atoms with Crippen LogP contribution in [0.5, 0.6) is 5.75 Å². The second-order valence-electron chi connectivity index (χ2n) is 3.98. The number of ether oxygens (including phenoxy) is 1. The number of methoxy groups -OCH3 is 1. The lowest BCUT2D eigenvalue weighted by Gasteiger charge is -2.09. The van der Waals surface area contributed by atoms with Gasteiger partial charge in [0, 0.05) is 0 Å². The highest BCUT2D eigenvalue weighted by atomic mass is 79.9. The quantitative estimate of drug-likeness (QED) is 0.463. The van der Waals surface area contributed by atoms with Crippen LogP contribution in [0.15, 0.2) is 44.6 Å².